The molecule has 38 heavy (non-hydrogen) atoms. The zero-order valence-corrected chi connectivity index (χ0v) is 21.8. The van der Waals surface area contributed by atoms with Crippen LogP contribution in [0, 0.1) is 6.92 Å². The highest BCUT2D eigenvalue weighted by atomic mass is 32.1. The van der Waals surface area contributed by atoms with Crippen LogP contribution in [0.3, 0.4) is 0 Å². The van der Waals surface area contributed by atoms with Crippen molar-refractivity contribution in [3.63, 3.8) is 0 Å². The number of hydrogen-bond acceptors (Lipinski definition) is 11. The molecule has 12 nitrogen and oxygen atoms in total. The van der Waals surface area contributed by atoms with E-state index < -0.39 is 30.0 Å². The van der Waals surface area contributed by atoms with Gasteiger partial charge in [0.05, 0.1) is 12.7 Å². The molecule has 2 N–H and O–H groups in total. The van der Waals surface area contributed by atoms with Crippen molar-refractivity contribution < 1.29 is 29.0 Å². The quantitative estimate of drug-likeness (QED) is 0.305. The average molecular weight is 539 g/mol. The third kappa shape index (κ3) is 5.57. The number of aromatic hydroxyl groups is 1. The second-order valence-electron chi connectivity index (χ2n) is 8.41. The largest absolute Gasteiger partial charge is 0.506 e. The van der Waals surface area contributed by atoms with Gasteiger partial charge in [0, 0.05) is 23.5 Å². The molecule has 1 unspecified atom stereocenters. The van der Waals surface area contributed by atoms with E-state index in [-0.39, 0.29) is 23.7 Å². The summed E-state index contributed by atoms with van der Waals surface area (Å²) in [5.74, 6) is -1.53. The number of methoxy groups -OCH3 is 1. The molecule has 3 aromatic rings. The third-order valence-corrected chi connectivity index (χ3v) is 6.43. The van der Waals surface area contributed by atoms with Gasteiger partial charge in [-0.3, -0.25) is 14.5 Å². The van der Waals surface area contributed by atoms with E-state index in [1.165, 1.54) is 23.2 Å². The van der Waals surface area contributed by atoms with Crippen LogP contribution in [0.15, 0.2) is 65.0 Å². The zero-order chi connectivity index (χ0) is 27.4. The minimum absolute atomic E-state index is 0.00999. The standard InChI is InChI=1S/C25H26N6O6S/c1-15-8-4-7-11-19(15)26-23(34)18-12-20(16-9-5-6-10-17(16)22(18)33)37-25(35)30(13-21(32)36-3)14-31-24(38)29(2)27-28-31/h4-12,24,33,38H,13-14H2,1-3H3,(H,26,34). The van der Waals surface area contributed by atoms with E-state index in [0.717, 1.165) is 10.5 Å². The van der Waals surface area contributed by atoms with Crippen molar-refractivity contribution in [2.45, 2.75) is 12.4 Å². The maximum atomic E-state index is 13.3. The number of aryl methyl sites for hydroxylation is 1. The Morgan fingerprint density at radius 3 is 2.45 bits per heavy atom. The maximum Gasteiger partial charge on any atom is 0.417 e. The Bertz CT molecular complexity index is 1420. The molecule has 3 aromatic carbocycles. The molecular weight excluding hydrogens is 512 g/mol. The maximum absolute atomic E-state index is 13.3. The number of rotatable bonds is 7. The fraction of sp³-hybridized carbons (Fsp3) is 0.240. The normalized spacial score (nSPS) is 14.5. The molecule has 4 rings (SSSR count). The Hall–Kier alpha value is -4.52. The number of anilines is 1. The van der Waals surface area contributed by atoms with Gasteiger partial charge in [-0.15, -0.1) is 12.6 Å². The molecule has 0 spiro atoms. The first-order valence-corrected chi connectivity index (χ1v) is 12.0. The molecule has 1 atom stereocenters. The number of amides is 2. The number of phenols is 1. The minimum atomic E-state index is -0.915. The Labute approximate surface area is 223 Å². The van der Waals surface area contributed by atoms with Crippen LogP contribution in [-0.4, -0.2) is 70.9 Å². The molecular formula is C25H26N6O6S. The van der Waals surface area contributed by atoms with Gasteiger partial charge in [-0.25, -0.2) is 14.8 Å². The SMILES string of the molecule is COC(=O)CN(CN1N=NN(C)C1S)C(=O)Oc1cc(C(=O)Nc2ccccc2C)c(O)c2ccccc12. The Kier molecular flexibility index (Phi) is 7.86. The lowest BCUT2D eigenvalue weighted by Gasteiger charge is -2.27. The van der Waals surface area contributed by atoms with Gasteiger partial charge in [0.15, 0.2) is 5.50 Å². The molecule has 0 saturated heterocycles. The van der Waals surface area contributed by atoms with Crippen molar-refractivity contribution >= 4 is 47.1 Å². The van der Waals surface area contributed by atoms with Gasteiger partial charge >= 0.3 is 12.1 Å². The molecule has 1 aliphatic heterocycles. The first-order chi connectivity index (χ1) is 18.2. The smallest absolute Gasteiger partial charge is 0.417 e. The second kappa shape index (κ2) is 11.3. The van der Waals surface area contributed by atoms with Crippen LogP contribution in [0.2, 0.25) is 0 Å². The zero-order valence-electron chi connectivity index (χ0n) is 20.9. The molecule has 0 fully saturated rings. The van der Waals surface area contributed by atoms with Gasteiger partial charge in [-0.2, -0.15) is 0 Å². The van der Waals surface area contributed by atoms with Gasteiger partial charge in [0.2, 0.25) is 0 Å². The van der Waals surface area contributed by atoms with E-state index in [9.17, 15) is 19.5 Å². The summed E-state index contributed by atoms with van der Waals surface area (Å²) in [6.45, 7) is 1.21. The molecule has 2 amide bonds. The van der Waals surface area contributed by atoms with Crippen molar-refractivity contribution in [2.24, 2.45) is 10.4 Å². The van der Waals surface area contributed by atoms with Crippen molar-refractivity contribution in [1.82, 2.24) is 14.9 Å². The molecule has 0 aliphatic carbocycles. The third-order valence-electron chi connectivity index (χ3n) is 5.83. The van der Waals surface area contributed by atoms with Gasteiger partial charge in [-0.1, -0.05) is 47.7 Å². The molecule has 198 valence electrons. The van der Waals surface area contributed by atoms with E-state index in [4.69, 9.17) is 9.47 Å². The van der Waals surface area contributed by atoms with Gasteiger partial charge < -0.3 is 19.9 Å². The average Bonchev–Trinajstić information content (AvgIpc) is 3.23. The molecule has 0 radical (unpaired) electrons. The summed E-state index contributed by atoms with van der Waals surface area (Å²) in [7, 11) is 2.85. The summed E-state index contributed by atoms with van der Waals surface area (Å²) >= 11 is 4.38. The highest BCUT2D eigenvalue weighted by Gasteiger charge is 2.30. The van der Waals surface area contributed by atoms with Crippen LogP contribution in [-0.2, 0) is 9.53 Å². The van der Waals surface area contributed by atoms with E-state index >= 15 is 0 Å². The number of phenolic OH excluding ortho intramolecular Hbond substituents is 1. The van der Waals surface area contributed by atoms with Crippen LogP contribution in [0.1, 0.15) is 15.9 Å². The number of hydrogen-bond donors (Lipinski definition) is 3. The number of nitrogens with zero attached hydrogens (tertiary/aromatic N) is 5. The number of ether oxygens (including phenoxy) is 2. The fourth-order valence-corrected chi connectivity index (χ4v) is 3.88. The number of thiol groups is 1. The van der Waals surface area contributed by atoms with E-state index in [2.05, 4.69) is 28.4 Å². The Morgan fingerprint density at radius 1 is 1.11 bits per heavy atom. The van der Waals surface area contributed by atoms with Crippen LogP contribution >= 0.6 is 12.6 Å². The number of fused-ring (bicyclic) bond motifs is 1. The topological polar surface area (TPSA) is 136 Å². The van der Waals surface area contributed by atoms with Crippen molar-refractivity contribution in [1.29, 1.82) is 0 Å². The molecule has 0 bridgehead atoms. The lowest BCUT2D eigenvalue weighted by molar-refractivity contribution is -0.141. The summed E-state index contributed by atoms with van der Waals surface area (Å²) in [4.78, 5) is 39.5. The van der Waals surface area contributed by atoms with Gasteiger partial charge in [-0.05, 0) is 29.8 Å². The number of para-hydroxylation sites is 1. The molecule has 0 saturated carbocycles. The Balaban J connectivity index is 1.66. The predicted molar refractivity (Wildman–Crippen MR) is 142 cm³/mol. The van der Waals surface area contributed by atoms with Gasteiger partial charge in [0.25, 0.3) is 5.91 Å². The number of esters is 1. The summed E-state index contributed by atoms with van der Waals surface area (Å²) < 4.78 is 10.4. The van der Waals surface area contributed by atoms with E-state index in [1.54, 1.807) is 43.4 Å². The molecule has 13 heteroatoms. The number of nitrogens with one attached hydrogen (secondary N) is 1. The molecule has 0 aromatic heterocycles. The molecule has 1 aliphatic rings. The summed E-state index contributed by atoms with van der Waals surface area (Å²) in [5.41, 5.74) is 0.728. The number of benzene rings is 3. The molecule has 1 heterocycles. The van der Waals surface area contributed by atoms with Crippen molar-refractivity contribution in [3.05, 3.63) is 65.7 Å². The predicted octanol–water partition coefficient (Wildman–Crippen LogP) is 3.78. The van der Waals surface area contributed by atoms with Gasteiger partial charge in [0.1, 0.15) is 24.7 Å². The van der Waals surface area contributed by atoms with Crippen molar-refractivity contribution in [3.8, 4) is 11.5 Å². The lowest BCUT2D eigenvalue weighted by Crippen LogP contribution is -2.46. The monoisotopic (exact) mass is 538 g/mol. The first-order valence-electron chi connectivity index (χ1n) is 11.4. The van der Waals surface area contributed by atoms with Crippen LogP contribution in [0.25, 0.3) is 10.8 Å². The minimum Gasteiger partial charge on any atom is -0.506 e. The summed E-state index contributed by atoms with van der Waals surface area (Å²) in [6, 6.07) is 15.1. The van der Waals surface area contributed by atoms with Crippen LogP contribution in [0.5, 0.6) is 11.5 Å². The Morgan fingerprint density at radius 2 is 1.79 bits per heavy atom. The van der Waals surface area contributed by atoms with E-state index in [1.807, 2.05) is 19.1 Å². The van der Waals surface area contributed by atoms with Crippen LogP contribution < -0.4 is 10.1 Å². The van der Waals surface area contributed by atoms with E-state index in [0.29, 0.717) is 16.5 Å². The lowest BCUT2D eigenvalue weighted by atomic mass is 10.0. The summed E-state index contributed by atoms with van der Waals surface area (Å²) in [5, 5.41) is 25.0. The number of carbonyl (C=O) groups excluding carboxylic acids is 3. The first kappa shape index (κ1) is 26.5. The number of carbonyl (C=O) groups is 3. The van der Waals surface area contributed by atoms with Crippen molar-refractivity contribution in [2.75, 3.05) is 32.7 Å². The van der Waals surface area contributed by atoms with Crippen LogP contribution in [0.4, 0.5) is 10.5 Å². The highest BCUT2D eigenvalue weighted by molar-refractivity contribution is 7.80. The second-order valence-corrected chi connectivity index (χ2v) is 8.87. The summed E-state index contributed by atoms with van der Waals surface area (Å²) in [6.07, 6.45) is -0.915. The fourth-order valence-electron chi connectivity index (χ4n) is 3.71. The highest BCUT2D eigenvalue weighted by Crippen LogP contribution is 2.37.